The SMILES string of the molecule is CCN(CC(N)=O)c1ccccc1C(=O)O. The standard InChI is InChI=1S/C11H14N2O3/c1-2-13(7-10(12)14)9-6-4-3-5-8(9)11(15)16/h3-6H,2,7H2,1H3,(H2,12,14)(H,15,16). The van der Waals surface area contributed by atoms with Gasteiger partial charge in [-0.2, -0.15) is 0 Å². The maximum absolute atomic E-state index is 11.0. The number of nitrogens with zero attached hydrogens (tertiary/aromatic N) is 1. The number of hydrogen-bond donors (Lipinski definition) is 2. The Morgan fingerprint density at radius 2 is 2.00 bits per heavy atom. The predicted octanol–water partition coefficient (Wildman–Crippen LogP) is 0.696. The van der Waals surface area contributed by atoms with Crippen LogP contribution >= 0.6 is 0 Å². The lowest BCUT2D eigenvalue weighted by Gasteiger charge is -2.22. The van der Waals surface area contributed by atoms with Gasteiger partial charge in [-0.25, -0.2) is 4.79 Å². The number of carboxylic acids is 1. The van der Waals surface area contributed by atoms with Crippen molar-refractivity contribution in [1.82, 2.24) is 0 Å². The summed E-state index contributed by atoms with van der Waals surface area (Å²) in [5, 5.41) is 9.00. The summed E-state index contributed by atoms with van der Waals surface area (Å²) in [6.07, 6.45) is 0. The largest absolute Gasteiger partial charge is 0.478 e. The molecule has 0 aromatic heterocycles. The molecule has 0 radical (unpaired) electrons. The molecule has 1 aromatic carbocycles. The van der Waals surface area contributed by atoms with Gasteiger partial charge in [-0.1, -0.05) is 12.1 Å². The molecule has 3 N–H and O–H groups in total. The molecular weight excluding hydrogens is 208 g/mol. The average molecular weight is 222 g/mol. The van der Waals surface area contributed by atoms with Crippen molar-refractivity contribution in [2.75, 3.05) is 18.0 Å². The third kappa shape index (κ3) is 2.73. The van der Waals surface area contributed by atoms with Gasteiger partial charge >= 0.3 is 5.97 Å². The van der Waals surface area contributed by atoms with E-state index in [0.29, 0.717) is 12.2 Å². The molecule has 5 heteroatoms. The molecule has 1 aromatic rings. The van der Waals surface area contributed by atoms with E-state index in [1.165, 1.54) is 6.07 Å². The number of aromatic carboxylic acids is 1. The Hall–Kier alpha value is -2.04. The molecule has 0 aliphatic carbocycles. The minimum Gasteiger partial charge on any atom is -0.478 e. The first-order valence-corrected chi connectivity index (χ1v) is 4.91. The number of amides is 1. The van der Waals surface area contributed by atoms with Gasteiger partial charge in [0, 0.05) is 6.54 Å². The van der Waals surface area contributed by atoms with Gasteiger partial charge in [0.2, 0.25) is 5.91 Å². The zero-order chi connectivity index (χ0) is 12.1. The van der Waals surface area contributed by atoms with Crippen LogP contribution in [0.3, 0.4) is 0 Å². The third-order valence-electron chi connectivity index (χ3n) is 2.20. The number of para-hydroxylation sites is 1. The van der Waals surface area contributed by atoms with Crippen LogP contribution in [0.1, 0.15) is 17.3 Å². The zero-order valence-corrected chi connectivity index (χ0v) is 9.01. The Morgan fingerprint density at radius 3 is 2.50 bits per heavy atom. The molecule has 0 unspecified atom stereocenters. The topological polar surface area (TPSA) is 83.6 Å². The summed E-state index contributed by atoms with van der Waals surface area (Å²) in [6, 6.07) is 6.54. The van der Waals surface area contributed by atoms with Gasteiger partial charge in [-0.3, -0.25) is 4.79 Å². The molecule has 16 heavy (non-hydrogen) atoms. The molecule has 0 saturated carbocycles. The van der Waals surface area contributed by atoms with Gasteiger partial charge in [0.05, 0.1) is 17.8 Å². The van der Waals surface area contributed by atoms with Crippen LogP contribution in [0, 0.1) is 0 Å². The molecule has 0 aliphatic rings. The van der Waals surface area contributed by atoms with E-state index >= 15 is 0 Å². The minimum atomic E-state index is -1.02. The number of carbonyl (C=O) groups excluding carboxylic acids is 1. The molecule has 0 bridgehead atoms. The highest BCUT2D eigenvalue weighted by Crippen LogP contribution is 2.19. The highest BCUT2D eigenvalue weighted by molar-refractivity contribution is 5.95. The van der Waals surface area contributed by atoms with Crippen molar-refractivity contribution in [1.29, 1.82) is 0 Å². The lowest BCUT2D eigenvalue weighted by Crippen LogP contribution is -2.34. The van der Waals surface area contributed by atoms with Crippen LogP contribution in [-0.2, 0) is 4.79 Å². The molecule has 0 saturated heterocycles. The van der Waals surface area contributed by atoms with E-state index in [4.69, 9.17) is 10.8 Å². The molecule has 1 amide bonds. The van der Waals surface area contributed by atoms with Crippen molar-refractivity contribution in [2.24, 2.45) is 5.73 Å². The van der Waals surface area contributed by atoms with Crippen molar-refractivity contribution < 1.29 is 14.7 Å². The lowest BCUT2D eigenvalue weighted by atomic mass is 10.1. The molecule has 0 fully saturated rings. The van der Waals surface area contributed by atoms with E-state index < -0.39 is 11.9 Å². The maximum Gasteiger partial charge on any atom is 0.337 e. The number of likely N-dealkylation sites (N-methyl/N-ethyl adjacent to an activating group) is 1. The van der Waals surface area contributed by atoms with Gasteiger partial charge in [0.15, 0.2) is 0 Å². The Kier molecular flexibility index (Phi) is 3.88. The van der Waals surface area contributed by atoms with E-state index in [-0.39, 0.29) is 12.1 Å². The number of primary amides is 1. The van der Waals surface area contributed by atoms with Crippen LogP contribution in [0.5, 0.6) is 0 Å². The molecule has 0 heterocycles. The van der Waals surface area contributed by atoms with Gasteiger partial charge in [-0.05, 0) is 19.1 Å². The number of anilines is 1. The number of carboxylic acid groups (broad SMARTS) is 1. The molecule has 0 atom stereocenters. The highest BCUT2D eigenvalue weighted by Gasteiger charge is 2.15. The van der Waals surface area contributed by atoms with Gasteiger partial charge < -0.3 is 15.7 Å². The van der Waals surface area contributed by atoms with E-state index in [0.717, 1.165) is 0 Å². The molecule has 0 spiro atoms. The maximum atomic E-state index is 11.0. The van der Waals surface area contributed by atoms with Gasteiger partial charge in [0.1, 0.15) is 0 Å². The van der Waals surface area contributed by atoms with E-state index in [1.807, 2.05) is 6.92 Å². The van der Waals surface area contributed by atoms with Crippen molar-refractivity contribution >= 4 is 17.6 Å². The van der Waals surface area contributed by atoms with Crippen LogP contribution in [0.4, 0.5) is 5.69 Å². The second-order valence-electron chi connectivity index (χ2n) is 3.30. The van der Waals surface area contributed by atoms with Crippen LogP contribution < -0.4 is 10.6 Å². The normalized spacial score (nSPS) is 9.81. The van der Waals surface area contributed by atoms with Gasteiger partial charge in [0.25, 0.3) is 0 Å². The zero-order valence-electron chi connectivity index (χ0n) is 9.01. The summed E-state index contributed by atoms with van der Waals surface area (Å²) in [5.41, 5.74) is 5.79. The van der Waals surface area contributed by atoms with E-state index in [9.17, 15) is 9.59 Å². The first kappa shape index (κ1) is 12.0. The Balaban J connectivity index is 3.08. The van der Waals surface area contributed by atoms with Crippen molar-refractivity contribution in [3.63, 3.8) is 0 Å². The average Bonchev–Trinajstić information content (AvgIpc) is 2.25. The summed E-state index contributed by atoms with van der Waals surface area (Å²) < 4.78 is 0. The quantitative estimate of drug-likeness (QED) is 0.768. The fourth-order valence-electron chi connectivity index (χ4n) is 1.49. The molecule has 1 rings (SSSR count). The first-order chi connectivity index (χ1) is 7.56. The molecular formula is C11H14N2O3. The van der Waals surface area contributed by atoms with Crippen LogP contribution in [-0.4, -0.2) is 30.1 Å². The minimum absolute atomic E-state index is 0.0147. The van der Waals surface area contributed by atoms with Crippen LogP contribution in [0.15, 0.2) is 24.3 Å². The van der Waals surface area contributed by atoms with Crippen molar-refractivity contribution in [3.05, 3.63) is 29.8 Å². The second kappa shape index (κ2) is 5.16. The highest BCUT2D eigenvalue weighted by atomic mass is 16.4. The monoisotopic (exact) mass is 222 g/mol. The van der Waals surface area contributed by atoms with Crippen LogP contribution in [0.25, 0.3) is 0 Å². The van der Waals surface area contributed by atoms with Crippen LogP contribution in [0.2, 0.25) is 0 Å². The number of rotatable bonds is 5. The Morgan fingerprint density at radius 1 is 1.38 bits per heavy atom. The molecule has 5 nitrogen and oxygen atoms in total. The smallest absolute Gasteiger partial charge is 0.337 e. The summed E-state index contributed by atoms with van der Waals surface area (Å²) in [7, 11) is 0. The van der Waals surface area contributed by atoms with Crippen molar-refractivity contribution in [3.8, 4) is 0 Å². The Labute approximate surface area is 93.5 Å². The fraction of sp³-hybridized carbons (Fsp3) is 0.273. The van der Waals surface area contributed by atoms with E-state index in [1.54, 1.807) is 23.1 Å². The number of benzene rings is 1. The second-order valence-corrected chi connectivity index (χ2v) is 3.30. The number of nitrogens with two attached hydrogens (primary N) is 1. The fourth-order valence-corrected chi connectivity index (χ4v) is 1.49. The number of hydrogen-bond acceptors (Lipinski definition) is 3. The Bertz CT molecular complexity index is 404. The first-order valence-electron chi connectivity index (χ1n) is 4.91. The molecule has 0 aliphatic heterocycles. The lowest BCUT2D eigenvalue weighted by molar-refractivity contribution is -0.116. The number of carbonyl (C=O) groups is 2. The summed E-state index contributed by atoms with van der Waals surface area (Å²) in [6.45, 7) is 2.37. The third-order valence-corrected chi connectivity index (χ3v) is 2.20. The predicted molar refractivity (Wildman–Crippen MR) is 60.5 cm³/mol. The van der Waals surface area contributed by atoms with Crippen molar-refractivity contribution in [2.45, 2.75) is 6.92 Å². The summed E-state index contributed by atoms with van der Waals surface area (Å²) >= 11 is 0. The van der Waals surface area contributed by atoms with Gasteiger partial charge in [-0.15, -0.1) is 0 Å². The van der Waals surface area contributed by atoms with E-state index in [2.05, 4.69) is 0 Å². The molecule has 86 valence electrons. The summed E-state index contributed by atoms with van der Waals surface area (Å²) in [4.78, 5) is 23.5. The summed E-state index contributed by atoms with van der Waals surface area (Å²) in [5.74, 6) is -1.50.